The molecule has 3 N–H and O–H groups in total. The molecule has 28 heavy (non-hydrogen) atoms. The van der Waals surface area contributed by atoms with Crippen molar-refractivity contribution in [1.29, 1.82) is 0 Å². The number of nitrogens with two attached hydrogens (primary N) is 1. The van der Waals surface area contributed by atoms with Crippen molar-refractivity contribution in [1.82, 2.24) is 15.3 Å². The molecule has 11 heteroatoms. The molecule has 2 atom stereocenters. The average molecular weight is 450 g/mol. The minimum absolute atomic E-state index is 0. The zero-order valence-electron chi connectivity index (χ0n) is 15.0. The predicted molar refractivity (Wildman–Crippen MR) is 117 cm³/mol. The van der Waals surface area contributed by atoms with Gasteiger partial charge in [-0.05, 0) is 25.3 Å². The lowest BCUT2D eigenvalue weighted by molar-refractivity contribution is -0.384. The summed E-state index contributed by atoms with van der Waals surface area (Å²) in [4.78, 5) is 21.5. The van der Waals surface area contributed by atoms with Crippen molar-refractivity contribution in [3.05, 3.63) is 40.4 Å². The molecule has 0 spiro atoms. The SMILES string of the molecule is Cl.Cl.Cl.Nc1nc(-c2cccc([N+](=O)[O-])c2)cc(N2C[C@H]3CCCN[C@H]3C2)n1. The molecule has 1 aromatic heterocycles. The molecule has 2 aliphatic rings. The monoisotopic (exact) mass is 448 g/mol. The van der Waals surface area contributed by atoms with Crippen molar-refractivity contribution in [2.75, 3.05) is 30.3 Å². The van der Waals surface area contributed by atoms with E-state index < -0.39 is 4.92 Å². The van der Waals surface area contributed by atoms with Crippen LogP contribution in [0.15, 0.2) is 30.3 Å². The third-order valence-corrected chi connectivity index (χ3v) is 5.01. The van der Waals surface area contributed by atoms with Crippen molar-refractivity contribution in [3.8, 4) is 11.3 Å². The van der Waals surface area contributed by atoms with E-state index in [1.165, 1.54) is 25.0 Å². The van der Waals surface area contributed by atoms with Gasteiger partial charge in [-0.1, -0.05) is 12.1 Å². The Morgan fingerprint density at radius 3 is 2.68 bits per heavy atom. The molecule has 1 aromatic carbocycles. The number of nitro groups is 1. The number of fused-ring (bicyclic) bond motifs is 1. The zero-order chi connectivity index (χ0) is 17.4. The first kappa shape index (κ1) is 24.2. The van der Waals surface area contributed by atoms with E-state index in [0.717, 1.165) is 25.5 Å². The molecule has 0 radical (unpaired) electrons. The first-order valence-electron chi connectivity index (χ1n) is 8.48. The highest BCUT2D eigenvalue weighted by Gasteiger charge is 2.35. The lowest BCUT2D eigenvalue weighted by atomic mass is 9.94. The number of nitrogens with one attached hydrogen (secondary N) is 1. The fourth-order valence-corrected chi connectivity index (χ4v) is 3.78. The van der Waals surface area contributed by atoms with Gasteiger partial charge in [0.1, 0.15) is 5.82 Å². The number of nitrogens with zero attached hydrogens (tertiary/aromatic N) is 4. The van der Waals surface area contributed by atoms with Crippen LogP contribution in [0.5, 0.6) is 0 Å². The van der Waals surface area contributed by atoms with Crippen LogP contribution < -0.4 is 16.0 Å². The lowest BCUT2D eigenvalue weighted by Crippen LogP contribution is -2.40. The van der Waals surface area contributed by atoms with Gasteiger partial charge in [-0.2, -0.15) is 4.98 Å². The highest BCUT2D eigenvalue weighted by molar-refractivity contribution is 5.86. The van der Waals surface area contributed by atoms with E-state index in [2.05, 4.69) is 20.2 Å². The summed E-state index contributed by atoms with van der Waals surface area (Å²) >= 11 is 0. The first-order valence-corrected chi connectivity index (χ1v) is 8.48. The summed E-state index contributed by atoms with van der Waals surface area (Å²) in [5, 5.41) is 14.6. The van der Waals surface area contributed by atoms with E-state index in [0.29, 0.717) is 23.2 Å². The van der Waals surface area contributed by atoms with Gasteiger partial charge in [0, 0.05) is 42.9 Å². The molecular weight excluding hydrogens is 427 g/mol. The van der Waals surface area contributed by atoms with Gasteiger partial charge in [0.15, 0.2) is 0 Å². The van der Waals surface area contributed by atoms with E-state index in [-0.39, 0.29) is 48.9 Å². The summed E-state index contributed by atoms with van der Waals surface area (Å²) in [5.41, 5.74) is 7.22. The van der Waals surface area contributed by atoms with Crippen molar-refractivity contribution < 1.29 is 4.92 Å². The van der Waals surface area contributed by atoms with Crippen LogP contribution in [0.1, 0.15) is 12.8 Å². The molecule has 154 valence electrons. The number of nitrogen functional groups attached to an aromatic ring is 1. The Hall–Kier alpha value is -1.87. The molecule has 8 nitrogen and oxygen atoms in total. The average Bonchev–Trinajstić information content (AvgIpc) is 3.05. The Kier molecular flexibility index (Phi) is 8.69. The number of nitro benzene ring substituents is 1. The topological polar surface area (TPSA) is 110 Å². The van der Waals surface area contributed by atoms with Crippen molar-refractivity contribution in [3.63, 3.8) is 0 Å². The number of anilines is 2. The Balaban J connectivity index is 0.00000131. The maximum Gasteiger partial charge on any atom is 0.270 e. The van der Waals surface area contributed by atoms with Crippen LogP contribution in [0.2, 0.25) is 0 Å². The fraction of sp³-hybridized carbons (Fsp3) is 0.412. The van der Waals surface area contributed by atoms with Gasteiger partial charge in [-0.25, -0.2) is 4.98 Å². The summed E-state index contributed by atoms with van der Waals surface area (Å²) in [7, 11) is 0. The fourth-order valence-electron chi connectivity index (χ4n) is 3.78. The van der Waals surface area contributed by atoms with E-state index in [1.54, 1.807) is 12.1 Å². The normalized spacial score (nSPS) is 20.2. The van der Waals surface area contributed by atoms with Gasteiger partial charge in [-0.3, -0.25) is 10.1 Å². The number of non-ortho nitro benzene ring substituents is 1. The molecule has 2 aromatic rings. The summed E-state index contributed by atoms with van der Waals surface area (Å²) in [5.74, 6) is 1.60. The van der Waals surface area contributed by atoms with Crippen LogP contribution in [0.3, 0.4) is 0 Å². The van der Waals surface area contributed by atoms with Gasteiger partial charge in [0.2, 0.25) is 5.95 Å². The van der Waals surface area contributed by atoms with Crippen LogP contribution >= 0.6 is 37.2 Å². The number of piperidine rings is 1. The van der Waals surface area contributed by atoms with Gasteiger partial charge in [-0.15, -0.1) is 37.2 Å². The second kappa shape index (κ2) is 10.1. The molecule has 0 bridgehead atoms. The predicted octanol–water partition coefficient (Wildman–Crippen LogP) is 3.09. The summed E-state index contributed by atoms with van der Waals surface area (Å²) in [6.45, 7) is 2.91. The van der Waals surface area contributed by atoms with Crippen molar-refractivity contribution in [2.24, 2.45) is 5.92 Å². The van der Waals surface area contributed by atoms with Crippen LogP contribution in [0, 0.1) is 16.0 Å². The molecule has 4 rings (SSSR count). The van der Waals surface area contributed by atoms with E-state index in [1.807, 2.05) is 6.07 Å². The summed E-state index contributed by atoms with van der Waals surface area (Å²) in [6, 6.07) is 8.78. The Bertz CT molecular complexity index is 811. The van der Waals surface area contributed by atoms with Gasteiger partial charge < -0.3 is 16.0 Å². The number of hydrogen-bond donors (Lipinski definition) is 2. The molecule has 0 unspecified atom stereocenters. The third-order valence-electron chi connectivity index (χ3n) is 5.01. The number of aromatic nitrogens is 2. The van der Waals surface area contributed by atoms with E-state index >= 15 is 0 Å². The largest absolute Gasteiger partial charge is 0.368 e. The molecule has 2 aliphatic heterocycles. The molecule has 0 amide bonds. The minimum Gasteiger partial charge on any atom is -0.368 e. The number of rotatable bonds is 3. The maximum atomic E-state index is 11.0. The minimum atomic E-state index is -0.411. The van der Waals surface area contributed by atoms with Crippen molar-refractivity contribution in [2.45, 2.75) is 18.9 Å². The molecular formula is C17H23Cl3N6O2. The van der Waals surface area contributed by atoms with Gasteiger partial charge >= 0.3 is 0 Å². The molecule has 2 fully saturated rings. The smallest absolute Gasteiger partial charge is 0.270 e. The number of benzene rings is 1. The van der Waals surface area contributed by atoms with Gasteiger partial charge in [0.25, 0.3) is 5.69 Å². The molecule has 3 heterocycles. The van der Waals surface area contributed by atoms with Crippen LogP contribution in [0.4, 0.5) is 17.5 Å². The zero-order valence-corrected chi connectivity index (χ0v) is 17.4. The number of hydrogen-bond acceptors (Lipinski definition) is 7. The second-order valence-electron chi connectivity index (χ2n) is 6.64. The standard InChI is InChI=1S/C17H20N6O2.3ClH/c18-17-20-14(11-3-1-5-13(7-11)23(24)25)8-16(21-17)22-9-12-4-2-6-19-15(12)10-22;;;/h1,3,5,7-8,12,15,19H,2,4,6,9-10H2,(H2,18,20,21);3*1H/t12-,15+;;;/m1.../s1. The van der Waals surface area contributed by atoms with Crippen LogP contribution in [-0.4, -0.2) is 40.6 Å². The Morgan fingerprint density at radius 1 is 1.18 bits per heavy atom. The molecule has 2 saturated heterocycles. The summed E-state index contributed by atoms with van der Waals surface area (Å²) in [6.07, 6.45) is 2.44. The Morgan fingerprint density at radius 2 is 1.96 bits per heavy atom. The van der Waals surface area contributed by atoms with Crippen molar-refractivity contribution >= 4 is 54.7 Å². The molecule has 0 aliphatic carbocycles. The third kappa shape index (κ3) is 4.94. The molecule has 0 saturated carbocycles. The van der Waals surface area contributed by atoms with Crippen LogP contribution in [0.25, 0.3) is 11.3 Å². The first-order chi connectivity index (χ1) is 12.1. The lowest BCUT2D eigenvalue weighted by Gasteiger charge is -2.24. The van der Waals surface area contributed by atoms with E-state index in [9.17, 15) is 10.1 Å². The second-order valence-corrected chi connectivity index (χ2v) is 6.64. The van der Waals surface area contributed by atoms with Crippen LogP contribution in [-0.2, 0) is 0 Å². The van der Waals surface area contributed by atoms with E-state index in [4.69, 9.17) is 5.73 Å². The quantitative estimate of drug-likeness (QED) is 0.547. The Labute approximate surface area is 181 Å². The maximum absolute atomic E-state index is 11.0. The number of halogens is 3. The highest BCUT2D eigenvalue weighted by Crippen LogP contribution is 2.31. The highest BCUT2D eigenvalue weighted by atomic mass is 35.5. The summed E-state index contributed by atoms with van der Waals surface area (Å²) < 4.78 is 0. The van der Waals surface area contributed by atoms with Gasteiger partial charge in [0.05, 0.1) is 10.6 Å².